The second-order valence-corrected chi connectivity index (χ2v) is 8.95. The zero-order valence-corrected chi connectivity index (χ0v) is 20.3. The molecule has 2 N–H and O–H groups in total. The maximum atomic E-state index is 15.0. The van der Waals surface area contributed by atoms with Gasteiger partial charge in [-0.15, -0.1) is 0 Å². The van der Waals surface area contributed by atoms with Crippen LogP contribution in [0.1, 0.15) is 47.8 Å². The molecule has 0 aliphatic carbocycles. The van der Waals surface area contributed by atoms with E-state index < -0.39 is 5.82 Å². The lowest BCUT2D eigenvalue weighted by molar-refractivity contribution is 0.0962. The fraction of sp³-hybridized carbons (Fsp3) is 0.400. The molecule has 8 nitrogen and oxygen atoms in total. The molecule has 0 fully saturated rings. The summed E-state index contributed by atoms with van der Waals surface area (Å²) in [5, 5.41) is 20.5. The Labute approximate surface area is 198 Å². The molecule has 1 heterocycles. The van der Waals surface area contributed by atoms with Crippen molar-refractivity contribution in [2.45, 2.75) is 32.7 Å². The minimum Gasteiger partial charge on any atom is -0.494 e. The van der Waals surface area contributed by atoms with Gasteiger partial charge in [0.1, 0.15) is 18.1 Å². The topological polar surface area (TPSA) is 108 Å². The fourth-order valence-corrected chi connectivity index (χ4v) is 4.06. The molecule has 2 aromatic carbocycles. The van der Waals surface area contributed by atoms with E-state index in [2.05, 4.69) is 5.32 Å². The average molecular weight is 469 g/mol. The summed E-state index contributed by atoms with van der Waals surface area (Å²) in [6.07, 6.45) is 0. The number of benzene rings is 2. The fourth-order valence-electron chi connectivity index (χ4n) is 4.06. The number of ether oxygens (including phenoxy) is 3. The molecule has 3 rings (SSSR count). The number of amidine groups is 1. The summed E-state index contributed by atoms with van der Waals surface area (Å²) in [6.45, 7) is 6.13. The predicted octanol–water partition coefficient (Wildman–Crippen LogP) is 4.11. The summed E-state index contributed by atoms with van der Waals surface area (Å²) >= 11 is 0. The van der Waals surface area contributed by atoms with Gasteiger partial charge in [0, 0.05) is 17.7 Å². The van der Waals surface area contributed by atoms with Crippen LogP contribution in [0, 0.1) is 22.6 Å². The third-order valence-electron chi connectivity index (χ3n) is 5.72. The number of nitrogens with zero attached hydrogens (tertiary/aromatic N) is 2. The Morgan fingerprint density at radius 2 is 1.85 bits per heavy atom. The van der Waals surface area contributed by atoms with Crippen LogP contribution in [0.4, 0.5) is 10.1 Å². The van der Waals surface area contributed by atoms with E-state index in [-0.39, 0.29) is 53.7 Å². The Kier molecular flexibility index (Phi) is 7.01. The van der Waals surface area contributed by atoms with E-state index in [1.165, 1.54) is 19.1 Å². The van der Waals surface area contributed by atoms with Gasteiger partial charge in [-0.2, -0.15) is 5.26 Å². The van der Waals surface area contributed by atoms with Crippen LogP contribution in [0.25, 0.3) is 0 Å². The van der Waals surface area contributed by atoms with Crippen LogP contribution >= 0.6 is 0 Å². The first kappa shape index (κ1) is 24.8. The summed E-state index contributed by atoms with van der Waals surface area (Å²) in [5.74, 6) is -0.282. The van der Waals surface area contributed by atoms with Crippen LogP contribution in [-0.2, 0) is 12.0 Å². The summed E-state index contributed by atoms with van der Waals surface area (Å²) in [5.41, 5.74) is 2.08. The number of carbonyl (C=O) groups excluding carboxylic acids is 1. The second-order valence-electron chi connectivity index (χ2n) is 8.95. The quantitative estimate of drug-likeness (QED) is 0.443. The third kappa shape index (κ3) is 4.49. The smallest absolute Gasteiger partial charge is 0.197 e. The Morgan fingerprint density at radius 1 is 1.18 bits per heavy atom. The van der Waals surface area contributed by atoms with E-state index in [4.69, 9.17) is 24.9 Å². The number of anilines is 1. The first-order valence-corrected chi connectivity index (χ1v) is 10.7. The highest BCUT2D eigenvalue weighted by atomic mass is 19.1. The van der Waals surface area contributed by atoms with E-state index in [0.29, 0.717) is 22.6 Å². The molecule has 9 heteroatoms. The van der Waals surface area contributed by atoms with Crippen molar-refractivity contribution in [3.8, 4) is 23.3 Å². The highest BCUT2D eigenvalue weighted by Gasteiger charge is 2.33. The number of halogens is 1. The molecule has 1 aliphatic heterocycles. The van der Waals surface area contributed by atoms with Crippen LogP contribution < -0.4 is 19.5 Å². The van der Waals surface area contributed by atoms with Crippen molar-refractivity contribution < 1.29 is 23.4 Å². The first-order chi connectivity index (χ1) is 16.1. The number of carbonyl (C=O) groups is 1. The molecule has 0 amide bonds. The Bertz CT molecular complexity index is 1180. The standard InChI is InChI=1S/C25H29FN4O4/c1-25(2,3)16-9-14(10-17(22(16)33-5)29-8-7-27)18(31)13-30-12-15-11-19(32-4)23(34-6)21(26)20(15)24(30)28/h9-11,28-29H,8,12-13H2,1-6H3. The highest BCUT2D eigenvalue weighted by molar-refractivity contribution is 6.06. The maximum absolute atomic E-state index is 15.0. The molecule has 0 spiro atoms. The van der Waals surface area contributed by atoms with Crippen molar-refractivity contribution in [3.63, 3.8) is 0 Å². The second kappa shape index (κ2) is 9.59. The van der Waals surface area contributed by atoms with Crippen molar-refractivity contribution in [1.82, 2.24) is 4.90 Å². The normalized spacial score (nSPS) is 12.8. The lowest BCUT2D eigenvalue weighted by Gasteiger charge is -2.25. The lowest BCUT2D eigenvalue weighted by Crippen LogP contribution is -2.30. The number of fused-ring (bicyclic) bond motifs is 1. The van der Waals surface area contributed by atoms with E-state index in [1.807, 2.05) is 26.8 Å². The number of hydrogen-bond acceptors (Lipinski definition) is 7. The van der Waals surface area contributed by atoms with E-state index in [1.54, 1.807) is 25.3 Å². The van der Waals surface area contributed by atoms with Gasteiger partial charge in [0.05, 0.1) is 45.2 Å². The summed E-state index contributed by atoms with van der Waals surface area (Å²) in [7, 11) is 4.30. The molecule has 0 aromatic heterocycles. The van der Waals surface area contributed by atoms with Gasteiger partial charge in [0.2, 0.25) is 0 Å². The molecule has 0 unspecified atom stereocenters. The van der Waals surface area contributed by atoms with Gasteiger partial charge in [-0.05, 0) is 29.2 Å². The van der Waals surface area contributed by atoms with Crippen LogP contribution in [0.5, 0.6) is 17.2 Å². The van der Waals surface area contributed by atoms with Gasteiger partial charge < -0.3 is 24.4 Å². The predicted molar refractivity (Wildman–Crippen MR) is 127 cm³/mol. The highest BCUT2D eigenvalue weighted by Crippen LogP contribution is 2.40. The number of hydrogen-bond donors (Lipinski definition) is 2. The average Bonchev–Trinajstić information content (AvgIpc) is 3.11. The van der Waals surface area contributed by atoms with Crippen LogP contribution in [0.2, 0.25) is 0 Å². The van der Waals surface area contributed by atoms with E-state index >= 15 is 4.39 Å². The van der Waals surface area contributed by atoms with Crippen molar-refractivity contribution >= 4 is 17.3 Å². The first-order valence-electron chi connectivity index (χ1n) is 10.7. The van der Waals surface area contributed by atoms with E-state index in [0.717, 1.165) is 5.56 Å². The molecular weight excluding hydrogens is 439 g/mol. The summed E-state index contributed by atoms with van der Waals surface area (Å²) in [6, 6.07) is 7.08. The molecule has 0 saturated carbocycles. The van der Waals surface area contributed by atoms with Crippen LogP contribution in [-0.4, -0.2) is 50.9 Å². The molecule has 0 bridgehead atoms. The van der Waals surface area contributed by atoms with Gasteiger partial charge >= 0.3 is 0 Å². The molecule has 0 radical (unpaired) electrons. The zero-order chi connectivity index (χ0) is 25.2. The largest absolute Gasteiger partial charge is 0.494 e. The number of nitrogens with one attached hydrogen (secondary N) is 2. The zero-order valence-electron chi connectivity index (χ0n) is 20.3. The van der Waals surface area contributed by atoms with Crippen LogP contribution in [0.3, 0.4) is 0 Å². The Hall–Kier alpha value is -3.80. The summed E-state index contributed by atoms with van der Waals surface area (Å²) in [4.78, 5) is 14.8. The third-order valence-corrected chi connectivity index (χ3v) is 5.72. The lowest BCUT2D eigenvalue weighted by atomic mass is 9.84. The van der Waals surface area contributed by atoms with Crippen molar-refractivity contribution in [3.05, 3.63) is 46.3 Å². The number of Topliss-reactive ketones (excluding diaryl/α,β-unsaturated/α-hetero) is 1. The van der Waals surface area contributed by atoms with Gasteiger partial charge in [-0.1, -0.05) is 20.8 Å². The number of ketones is 1. The van der Waals surface area contributed by atoms with Gasteiger partial charge in [-0.25, -0.2) is 4.39 Å². The Balaban J connectivity index is 1.96. The number of nitriles is 1. The summed E-state index contributed by atoms with van der Waals surface area (Å²) < 4.78 is 31.0. The SMILES string of the molecule is COc1cc2c(c(F)c1OC)C(=N)N(CC(=O)c1cc(NCC#N)c(OC)c(C(C)(C)C)c1)C2. The number of rotatable bonds is 8. The maximum Gasteiger partial charge on any atom is 0.197 e. The van der Waals surface area contributed by atoms with E-state index in [9.17, 15) is 4.79 Å². The monoisotopic (exact) mass is 468 g/mol. The molecule has 1 aliphatic rings. The van der Waals surface area contributed by atoms with Gasteiger partial charge in [0.15, 0.2) is 23.1 Å². The number of methoxy groups -OCH3 is 3. The molecule has 2 aromatic rings. The molecule has 34 heavy (non-hydrogen) atoms. The molecule has 0 saturated heterocycles. The Morgan fingerprint density at radius 3 is 2.41 bits per heavy atom. The van der Waals surface area contributed by atoms with Crippen molar-refractivity contribution in [2.75, 3.05) is 39.7 Å². The van der Waals surface area contributed by atoms with Crippen molar-refractivity contribution in [1.29, 1.82) is 10.7 Å². The molecule has 0 atom stereocenters. The molecular formula is C25H29FN4O4. The van der Waals surface area contributed by atoms with Crippen LogP contribution in [0.15, 0.2) is 18.2 Å². The van der Waals surface area contributed by atoms with Gasteiger partial charge in [0.25, 0.3) is 0 Å². The minimum absolute atomic E-state index is 0.0482. The minimum atomic E-state index is -0.681. The van der Waals surface area contributed by atoms with Crippen molar-refractivity contribution in [2.24, 2.45) is 0 Å². The van der Waals surface area contributed by atoms with Gasteiger partial charge in [-0.3, -0.25) is 10.2 Å². The molecule has 180 valence electrons.